The fourth-order valence-electron chi connectivity index (χ4n) is 3.23. The predicted octanol–water partition coefficient (Wildman–Crippen LogP) is 2.65. The summed E-state index contributed by atoms with van der Waals surface area (Å²) in [6.07, 6.45) is 3.67. The third kappa shape index (κ3) is 5.34. The van der Waals surface area contributed by atoms with E-state index in [1.54, 1.807) is 0 Å². The number of amides is 1. The second-order valence-corrected chi connectivity index (χ2v) is 7.21. The molecule has 1 saturated heterocycles. The molecule has 1 fully saturated rings. The van der Waals surface area contributed by atoms with Gasteiger partial charge in [0.15, 0.2) is 0 Å². The number of nitrogens with one attached hydrogen (secondary N) is 1. The van der Waals surface area contributed by atoms with E-state index >= 15 is 0 Å². The maximum atomic E-state index is 12.3. The first-order chi connectivity index (χ1) is 13.5. The molecule has 7 nitrogen and oxygen atoms in total. The first-order valence-corrected chi connectivity index (χ1v) is 9.82. The highest BCUT2D eigenvalue weighted by atomic mass is 16.5. The number of carbonyl (C=O) groups is 1. The van der Waals surface area contributed by atoms with Crippen LogP contribution in [0.4, 0.5) is 11.5 Å². The van der Waals surface area contributed by atoms with E-state index in [0.29, 0.717) is 30.4 Å². The molecule has 1 aliphatic heterocycles. The standard InChI is InChI=1S/C21H29N5O2/c1-16-23-19(26-11-5-4-6-12-26)15-20(24-16)28-13-10-22-21(27)17-8-7-9-18(14-17)25(2)3/h7-9,14-15H,4-6,10-13H2,1-3H3,(H,22,27). The summed E-state index contributed by atoms with van der Waals surface area (Å²) < 4.78 is 5.77. The minimum Gasteiger partial charge on any atom is -0.476 e. The van der Waals surface area contributed by atoms with Crippen LogP contribution in [0.2, 0.25) is 0 Å². The minimum atomic E-state index is -0.111. The number of rotatable bonds is 7. The first kappa shape index (κ1) is 19.9. The molecule has 0 unspecified atom stereocenters. The van der Waals surface area contributed by atoms with Crippen LogP contribution >= 0.6 is 0 Å². The Morgan fingerprint density at radius 1 is 1.18 bits per heavy atom. The monoisotopic (exact) mass is 383 g/mol. The Kier molecular flexibility index (Phi) is 6.68. The number of carbonyl (C=O) groups excluding carboxylic acids is 1. The number of hydrogen-bond donors (Lipinski definition) is 1. The van der Waals surface area contributed by atoms with Gasteiger partial charge < -0.3 is 19.9 Å². The lowest BCUT2D eigenvalue weighted by Crippen LogP contribution is -2.30. The van der Waals surface area contributed by atoms with Crippen molar-refractivity contribution in [2.45, 2.75) is 26.2 Å². The molecule has 0 saturated carbocycles. The molecule has 0 bridgehead atoms. The fourth-order valence-corrected chi connectivity index (χ4v) is 3.23. The molecule has 28 heavy (non-hydrogen) atoms. The molecule has 1 N–H and O–H groups in total. The van der Waals surface area contributed by atoms with Gasteiger partial charge in [-0.2, -0.15) is 4.98 Å². The van der Waals surface area contributed by atoms with Crippen LogP contribution in [0.25, 0.3) is 0 Å². The van der Waals surface area contributed by atoms with Crippen molar-refractivity contribution in [3.63, 3.8) is 0 Å². The maximum absolute atomic E-state index is 12.3. The zero-order valence-corrected chi connectivity index (χ0v) is 16.9. The molecular formula is C21H29N5O2. The third-order valence-corrected chi connectivity index (χ3v) is 4.74. The van der Waals surface area contributed by atoms with Crippen molar-refractivity contribution in [3.8, 4) is 5.88 Å². The van der Waals surface area contributed by atoms with Gasteiger partial charge in [0.05, 0.1) is 6.54 Å². The SMILES string of the molecule is Cc1nc(OCCNC(=O)c2cccc(N(C)C)c2)cc(N2CCCCC2)n1. The average molecular weight is 383 g/mol. The van der Waals surface area contributed by atoms with E-state index in [0.717, 1.165) is 24.6 Å². The van der Waals surface area contributed by atoms with E-state index in [1.165, 1.54) is 19.3 Å². The normalized spacial score (nSPS) is 13.9. The van der Waals surface area contributed by atoms with Crippen LogP contribution in [0, 0.1) is 6.92 Å². The van der Waals surface area contributed by atoms with Crippen LogP contribution in [0.1, 0.15) is 35.4 Å². The summed E-state index contributed by atoms with van der Waals surface area (Å²) in [7, 11) is 3.90. The summed E-state index contributed by atoms with van der Waals surface area (Å²) in [4.78, 5) is 25.5. The van der Waals surface area contributed by atoms with Crippen molar-refractivity contribution in [2.75, 3.05) is 50.1 Å². The number of nitrogens with zero attached hydrogens (tertiary/aromatic N) is 4. The van der Waals surface area contributed by atoms with Gasteiger partial charge in [0, 0.05) is 44.5 Å². The van der Waals surface area contributed by atoms with Gasteiger partial charge in [0.2, 0.25) is 5.88 Å². The highest BCUT2D eigenvalue weighted by molar-refractivity contribution is 5.95. The second kappa shape index (κ2) is 9.39. The highest BCUT2D eigenvalue weighted by Gasteiger charge is 2.14. The number of aryl methyl sites for hydroxylation is 1. The third-order valence-electron chi connectivity index (χ3n) is 4.74. The highest BCUT2D eigenvalue weighted by Crippen LogP contribution is 2.21. The summed E-state index contributed by atoms with van der Waals surface area (Å²) in [6, 6.07) is 9.42. The molecule has 0 aliphatic carbocycles. The van der Waals surface area contributed by atoms with Crippen LogP contribution in [0.15, 0.2) is 30.3 Å². The van der Waals surface area contributed by atoms with Crippen molar-refractivity contribution in [1.82, 2.24) is 15.3 Å². The van der Waals surface area contributed by atoms with Gasteiger partial charge in [-0.25, -0.2) is 4.98 Å². The molecule has 3 rings (SSSR count). The quantitative estimate of drug-likeness (QED) is 0.741. The van der Waals surface area contributed by atoms with Gasteiger partial charge in [0.1, 0.15) is 18.2 Å². The molecule has 1 aliphatic rings. The van der Waals surface area contributed by atoms with Gasteiger partial charge in [-0.05, 0) is 44.4 Å². The fraction of sp³-hybridized carbons (Fsp3) is 0.476. The summed E-state index contributed by atoms with van der Waals surface area (Å²) in [5.74, 6) is 2.06. The van der Waals surface area contributed by atoms with Gasteiger partial charge in [-0.3, -0.25) is 4.79 Å². The largest absolute Gasteiger partial charge is 0.476 e. The van der Waals surface area contributed by atoms with Crippen LogP contribution in [-0.4, -0.2) is 56.2 Å². The van der Waals surface area contributed by atoms with E-state index in [1.807, 2.05) is 56.3 Å². The summed E-state index contributed by atoms with van der Waals surface area (Å²) in [6.45, 7) is 4.69. The van der Waals surface area contributed by atoms with Crippen molar-refractivity contribution in [1.29, 1.82) is 0 Å². The Balaban J connectivity index is 1.51. The summed E-state index contributed by atoms with van der Waals surface area (Å²) >= 11 is 0. The average Bonchev–Trinajstić information content (AvgIpc) is 2.71. The number of ether oxygens (including phenoxy) is 1. The summed E-state index contributed by atoms with van der Waals surface area (Å²) in [5.41, 5.74) is 1.63. The maximum Gasteiger partial charge on any atom is 0.251 e. The molecule has 2 heterocycles. The van der Waals surface area contributed by atoms with E-state index in [-0.39, 0.29) is 5.91 Å². The second-order valence-electron chi connectivity index (χ2n) is 7.21. The van der Waals surface area contributed by atoms with Crippen molar-refractivity contribution in [3.05, 3.63) is 41.7 Å². The van der Waals surface area contributed by atoms with Gasteiger partial charge in [-0.1, -0.05) is 6.07 Å². The molecule has 1 aromatic carbocycles. The van der Waals surface area contributed by atoms with Crippen molar-refractivity contribution < 1.29 is 9.53 Å². The zero-order valence-electron chi connectivity index (χ0n) is 16.9. The molecule has 0 atom stereocenters. The number of benzene rings is 1. The number of aromatic nitrogens is 2. The van der Waals surface area contributed by atoms with E-state index in [9.17, 15) is 4.79 Å². The lowest BCUT2D eigenvalue weighted by atomic mass is 10.1. The predicted molar refractivity (Wildman–Crippen MR) is 111 cm³/mol. The van der Waals surface area contributed by atoms with Crippen molar-refractivity contribution in [2.24, 2.45) is 0 Å². The van der Waals surface area contributed by atoms with Gasteiger partial charge >= 0.3 is 0 Å². The molecular weight excluding hydrogens is 354 g/mol. The topological polar surface area (TPSA) is 70.6 Å². The van der Waals surface area contributed by atoms with Crippen molar-refractivity contribution >= 4 is 17.4 Å². The molecule has 1 amide bonds. The Bertz CT molecular complexity index is 803. The van der Waals surface area contributed by atoms with Crippen LogP contribution < -0.4 is 19.9 Å². The van der Waals surface area contributed by atoms with E-state index in [4.69, 9.17) is 4.74 Å². The van der Waals surface area contributed by atoms with Gasteiger partial charge in [-0.15, -0.1) is 0 Å². The van der Waals surface area contributed by atoms with E-state index in [2.05, 4.69) is 20.2 Å². The molecule has 150 valence electrons. The minimum absolute atomic E-state index is 0.111. The molecule has 1 aromatic heterocycles. The lowest BCUT2D eigenvalue weighted by Gasteiger charge is -2.28. The smallest absolute Gasteiger partial charge is 0.251 e. The Labute approximate surface area is 166 Å². The van der Waals surface area contributed by atoms with E-state index < -0.39 is 0 Å². The molecule has 7 heteroatoms. The van der Waals surface area contributed by atoms with Crippen LogP contribution in [0.5, 0.6) is 5.88 Å². The molecule has 0 radical (unpaired) electrons. The van der Waals surface area contributed by atoms with Crippen LogP contribution in [-0.2, 0) is 0 Å². The Morgan fingerprint density at radius 2 is 1.96 bits per heavy atom. The lowest BCUT2D eigenvalue weighted by molar-refractivity contribution is 0.0946. The summed E-state index contributed by atoms with van der Waals surface area (Å²) in [5, 5.41) is 2.89. The Hall–Kier alpha value is -2.83. The number of anilines is 2. The molecule has 0 spiro atoms. The Morgan fingerprint density at radius 3 is 2.71 bits per heavy atom. The first-order valence-electron chi connectivity index (χ1n) is 9.82. The van der Waals surface area contributed by atoms with Gasteiger partial charge in [0.25, 0.3) is 5.91 Å². The number of hydrogen-bond acceptors (Lipinski definition) is 6. The molecule has 2 aromatic rings. The number of piperidine rings is 1. The van der Waals surface area contributed by atoms with Crippen LogP contribution in [0.3, 0.4) is 0 Å². The zero-order chi connectivity index (χ0) is 19.9.